The highest BCUT2D eigenvalue weighted by molar-refractivity contribution is 5.76. The Hall–Kier alpha value is -0.570. The lowest BCUT2D eigenvalue weighted by Gasteiger charge is -2.25. The van der Waals surface area contributed by atoms with Gasteiger partial charge in [0.25, 0.3) is 0 Å². The molecule has 1 saturated heterocycles. The summed E-state index contributed by atoms with van der Waals surface area (Å²) in [6.45, 7) is 1.13. The van der Waals surface area contributed by atoms with Gasteiger partial charge < -0.3 is 10.6 Å². The van der Waals surface area contributed by atoms with Gasteiger partial charge in [0.05, 0.1) is 0 Å². The summed E-state index contributed by atoms with van der Waals surface area (Å²) in [5, 5.41) is 6.69. The first-order valence-electron chi connectivity index (χ1n) is 7.37. The molecule has 0 aromatic heterocycles. The first kappa shape index (κ1) is 12.9. The number of carbonyl (C=O) groups excluding carboxylic acids is 1. The third kappa shape index (κ3) is 4.66. The Morgan fingerprint density at radius 3 is 2.53 bits per heavy atom. The molecule has 2 rings (SSSR count). The summed E-state index contributed by atoms with van der Waals surface area (Å²) in [6.07, 6.45) is 11.9. The van der Waals surface area contributed by atoms with Gasteiger partial charge in [-0.1, -0.05) is 25.7 Å². The molecular weight excluding hydrogens is 212 g/mol. The molecule has 1 heterocycles. The fourth-order valence-corrected chi connectivity index (χ4v) is 3.02. The van der Waals surface area contributed by atoms with Gasteiger partial charge in [0, 0.05) is 18.5 Å². The molecule has 0 aromatic rings. The quantitative estimate of drug-likeness (QED) is 0.789. The lowest BCUT2D eigenvalue weighted by atomic mass is 9.95. The van der Waals surface area contributed by atoms with E-state index in [2.05, 4.69) is 10.6 Å². The standard InChI is InChI=1S/C14H26N2O/c17-14(16-13-7-2-1-3-8-13)10-9-12-6-4-5-11-15-12/h12-13,15H,1-11H2,(H,16,17). The van der Waals surface area contributed by atoms with Crippen molar-refractivity contribution in [1.29, 1.82) is 0 Å². The van der Waals surface area contributed by atoms with Crippen LogP contribution in [0.5, 0.6) is 0 Å². The van der Waals surface area contributed by atoms with Crippen LogP contribution in [0.1, 0.15) is 64.2 Å². The topological polar surface area (TPSA) is 41.1 Å². The first-order valence-corrected chi connectivity index (χ1v) is 7.37. The second kappa shape index (κ2) is 7.00. The van der Waals surface area contributed by atoms with E-state index in [-0.39, 0.29) is 5.91 Å². The lowest BCUT2D eigenvalue weighted by molar-refractivity contribution is -0.122. The van der Waals surface area contributed by atoms with Gasteiger partial charge in [0.15, 0.2) is 0 Å². The summed E-state index contributed by atoms with van der Waals surface area (Å²) in [4.78, 5) is 11.8. The van der Waals surface area contributed by atoms with Gasteiger partial charge in [-0.15, -0.1) is 0 Å². The average molecular weight is 238 g/mol. The second-order valence-electron chi connectivity index (χ2n) is 5.59. The van der Waals surface area contributed by atoms with Crippen LogP contribution < -0.4 is 10.6 Å². The maximum atomic E-state index is 11.8. The number of amides is 1. The Labute approximate surface area is 105 Å². The largest absolute Gasteiger partial charge is 0.353 e. The normalized spacial score (nSPS) is 26.7. The van der Waals surface area contributed by atoms with Crippen molar-refractivity contribution in [1.82, 2.24) is 10.6 Å². The summed E-state index contributed by atoms with van der Waals surface area (Å²) in [7, 11) is 0. The highest BCUT2D eigenvalue weighted by Gasteiger charge is 2.17. The van der Waals surface area contributed by atoms with Crippen LogP contribution in [0.4, 0.5) is 0 Å². The molecule has 3 nitrogen and oxygen atoms in total. The minimum atomic E-state index is 0.268. The molecule has 1 aliphatic carbocycles. The molecule has 0 radical (unpaired) electrons. The van der Waals surface area contributed by atoms with Crippen LogP contribution in [0.3, 0.4) is 0 Å². The molecule has 1 amide bonds. The molecule has 2 N–H and O–H groups in total. The molecule has 2 aliphatic rings. The number of rotatable bonds is 4. The molecule has 1 saturated carbocycles. The molecule has 2 fully saturated rings. The van der Waals surface area contributed by atoms with Gasteiger partial charge in [-0.3, -0.25) is 4.79 Å². The number of piperidine rings is 1. The van der Waals surface area contributed by atoms with Crippen molar-refractivity contribution in [3.63, 3.8) is 0 Å². The smallest absolute Gasteiger partial charge is 0.220 e. The van der Waals surface area contributed by atoms with E-state index in [1.165, 1.54) is 51.4 Å². The highest BCUT2D eigenvalue weighted by Crippen LogP contribution is 2.18. The molecule has 1 aliphatic heterocycles. The summed E-state index contributed by atoms with van der Waals surface area (Å²) in [6, 6.07) is 1.05. The third-order valence-electron chi connectivity index (χ3n) is 4.10. The van der Waals surface area contributed by atoms with E-state index in [4.69, 9.17) is 0 Å². The van der Waals surface area contributed by atoms with Gasteiger partial charge in [-0.25, -0.2) is 0 Å². The Balaban J connectivity index is 1.59. The molecular formula is C14H26N2O. The Morgan fingerprint density at radius 2 is 1.82 bits per heavy atom. The number of nitrogens with one attached hydrogen (secondary N) is 2. The van der Waals surface area contributed by atoms with Crippen molar-refractivity contribution in [3.8, 4) is 0 Å². The Bertz CT molecular complexity index is 230. The Morgan fingerprint density at radius 1 is 1.06 bits per heavy atom. The van der Waals surface area contributed by atoms with E-state index in [1.54, 1.807) is 0 Å². The zero-order chi connectivity index (χ0) is 11.9. The van der Waals surface area contributed by atoms with E-state index in [1.807, 2.05) is 0 Å². The molecule has 17 heavy (non-hydrogen) atoms. The fourth-order valence-electron chi connectivity index (χ4n) is 3.02. The minimum Gasteiger partial charge on any atom is -0.353 e. The van der Waals surface area contributed by atoms with Gasteiger partial charge in [-0.2, -0.15) is 0 Å². The monoisotopic (exact) mass is 238 g/mol. The summed E-state index contributed by atoms with van der Waals surface area (Å²) in [5.41, 5.74) is 0. The van der Waals surface area contributed by atoms with Gasteiger partial charge in [0.2, 0.25) is 5.91 Å². The van der Waals surface area contributed by atoms with Crippen LogP contribution >= 0.6 is 0 Å². The predicted octanol–water partition coefficient (Wildman–Crippen LogP) is 2.36. The third-order valence-corrected chi connectivity index (χ3v) is 4.10. The summed E-state index contributed by atoms with van der Waals surface area (Å²) in [5.74, 6) is 0.268. The highest BCUT2D eigenvalue weighted by atomic mass is 16.1. The Kier molecular flexibility index (Phi) is 5.30. The van der Waals surface area contributed by atoms with Crippen LogP contribution in [0.2, 0.25) is 0 Å². The molecule has 1 unspecified atom stereocenters. The van der Waals surface area contributed by atoms with Crippen molar-refractivity contribution in [2.24, 2.45) is 0 Å². The van der Waals surface area contributed by atoms with Crippen LogP contribution in [0.15, 0.2) is 0 Å². The number of hydrogen-bond donors (Lipinski definition) is 2. The van der Waals surface area contributed by atoms with Gasteiger partial charge in [-0.05, 0) is 38.6 Å². The first-order chi connectivity index (χ1) is 8.34. The van der Waals surface area contributed by atoms with E-state index in [9.17, 15) is 4.79 Å². The van der Waals surface area contributed by atoms with E-state index >= 15 is 0 Å². The van der Waals surface area contributed by atoms with E-state index in [0.717, 1.165) is 13.0 Å². The van der Waals surface area contributed by atoms with E-state index < -0.39 is 0 Å². The zero-order valence-electron chi connectivity index (χ0n) is 10.8. The molecule has 3 heteroatoms. The average Bonchev–Trinajstić information content (AvgIpc) is 2.39. The van der Waals surface area contributed by atoms with Crippen LogP contribution in [0.25, 0.3) is 0 Å². The SMILES string of the molecule is O=C(CCC1CCCCN1)NC1CCCCC1. The lowest BCUT2D eigenvalue weighted by Crippen LogP contribution is -2.38. The van der Waals surface area contributed by atoms with Gasteiger partial charge in [0.1, 0.15) is 0 Å². The maximum absolute atomic E-state index is 11.8. The van der Waals surface area contributed by atoms with Crippen LogP contribution in [-0.4, -0.2) is 24.5 Å². The fraction of sp³-hybridized carbons (Fsp3) is 0.929. The summed E-state index contributed by atoms with van der Waals surface area (Å²) >= 11 is 0. The number of carbonyl (C=O) groups is 1. The second-order valence-corrected chi connectivity index (χ2v) is 5.59. The molecule has 98 valence electrons. The van der Waals surface area contributed by atoms with Crippen LogP contribution in [0, 0.1) is 0 Å². The molecule has 0 bridgehead atoms. The van der Waals surface area contributed by atoms with E-state index in [0.29, 0.717) is 18.5 Å². The maximum Gasteiger partial charge on any atom is 0.220 e. The number of hydrogen-bond acceptors (Lipinski definition) is 2. The zero-order valence-corrected chi connectivity index (χ0v) is 10.8. The van der Waals surface area contributed by atoms with Crippen molar-refractivity contribution >= 4 is 5.91 Å². The predicted molar refractivity (Wildman–Crippen MR) is 69.9 cm³/mol. The van der Waals surface area contributed by atoms with Crippen molar-refractivity contribution < 1.29 is 4.79 Å². The molecule has 0 aromatic carbocycles. The molecule has 1 atom stereocenters. The van der Waals surface area contributed by atoms with Crippen LogP contribution in [-0.2, 0) is 4.79 Å². The van der Waals surface area contributed by atoms with Crippen molar-refractivity contribution in [3.05, 3.63) is 0 Å². The minimum absolute atomic E-state index is 0.268. The van der Waals surface area contributed by atoms with Crippen molar-refractivity contribution in [2.45, 2.75) is 76.3 Å². The van der Waals surface area contributed by atoms with Crippen molar-refractivity contribution in [2.75, 3.05) is 6.54 Å². The summed E-state index contributed by atoms with van der Waals surface area (Å²) < 4.78 is 0. The molecule has 0 spiro atoms. The van der Waals surface area contributed by atoms with Gasteiger partial charge >= 0.3 is 0 Å².